The number of hydrogen-bond acceptors (Lipinski definition) is 3. The number of methoxy groups -OCH3 is 1. The molecule has 124 valence electrons. The van der Waals surface area contributed by atoms with Gasteiger partial charge in [-0.25, -0.2) is 0 Å². The van der Waals surface area contributed by atoms with Gasteiger partial charge in [-0.3, -0.25) is 4.99 Å². The minimum Gasteiger partial charge on any atom is -0.383 e. The molecule has 0 saturated heterocycles. The van der Waals surface area contributed by atoms with Gasteiger partial charge < -0.3 is 20.1 Å². The van der Waals surface area contributed by atoms with E-state index >= 15 is 0 Å². The Hall–Kier alpha value is -0.810. The number of unbranched alkanes of at least 4 members (excludes halogenated alkanes) is 1. The summed E-state index contributed by atoms with van der Waals surface area (Å²) in [5.74, 6) is 0.838. The summed E-state index contributed by atoms with van der Waals surface area (Å²) in [6.45, 7) is 10.3. The average molecular weight is 299 g/mol. The Morgan fingerprint density at radius 1 is 1.43 bits per heavy atom. The van der Waals surface area contributed by atoms with Crippen molar-refractivity contribution in [2.75, 3.05) is 27.4 Å². The number of aliphatic imine (C=N–C) groups is 1. The number of guanidine groups is 1. The first-order chi connectivity index (χ1) is 9.95. The Kier molecular flexibility index (Phi) is 7.46. The SMILES string of the molecule is CCCCOC1CC(NC(=NC)NC(C)COC)C1(C)C. The Labute approximate surface area is 129 Å². The molecule has 21 heavy (non-hydrogen) atoms. The minimum atomic E-state index is 0.135. The van der Waals surface area contributed by atoms with Gasteiger partial charge in [-0.2, -0.15) is 0 Å². The summed E-state index contributed by atoms with van der Waals surface area (Å²) in [7, 11) is 3.51. The summed E-state index contributed by atoms with van der Waals surface area (Å²) in [6.07, 6.45) is 3.71. The normalized spacial score (nSPS) is 26.1. The fourth-order valence-corrected chi connectivity index (χ4v) is 2.64. The van der Waals surface area contributed by atoms with Gasteiger partial charge in [0.1, 0.15) is 0 Å². The molecule has 0 bridgehead atoms. The van der Waals surface area contributed by atoms with Crippen molar-refractivity contribution >= 4 is 5.96 Å². The summed E-state index contributed by atoms with van der Waals surface area (Å²) < 4.78 is 11.1. The van der Waals surface area contributed by atoms with E-state index < -0.39 is 0 Å². The number of rotatable bonds is 8. The van der Waals surface area contributed by atoms with Gasteiger partial charge in [0, 0.05) is 38.3 Å². The molecule has 1 rings (SSSR count). The van der Waals surface area contributed by atoms with Crippen LogP contribution in [-0.2, 0) is 9.47 Å². The molecule has 0 spiro atoms. The molecule has 3 atom stereocenters. The largest absolute Gasteiger partial charge is 0.383 e. The van der Waals surface area contributed by atoms with Crippen LogP contribution in [0.3, 0.4) is 0 Å². The first kappa shape index (κ1) is 18.2. The molecule has 0 aromatic rings. The summed E-state index contributed by atoms with van der Waals surface area (Å²) in [6, 6.07) is 0.631. The molecular formula is C16H33N3O2. The minimum absolute atomic E-state index is 0.135. The van der Waals surface area contributed by atoms with E-state index in [2.05, 4.69) is 43.3 Å². The lowest BCUT2D eigenvalue weighted by atomic mass is 9.64. The van der Waals surface area contributed by atoms with E-state index in [1.54, 1.807) is 14.2 Å². The number of hydrogen-bond donors (Lipinski definition) is 2. The highest BCUT2D eigenvalue weighted by Crippen LogP contribution is 2.42. The number of ether oxygens (including phenoxy) is 2. The molecule has 0 heterocycles. The zero-order valence-electron chi connectivity index (χ0n) is 14.5. The molecular weight excluding hydrogens is 266 g/mol. The quantitative estimate of drug-likeness (QED) is 0.410. The lowest BCUT2D eigenvalue weighted by molar-refractivity contribution is -0.113. The third-order valence-corrected chi connectivity index (χ3v) is 4.33. The van der Waals surface area contributed by atoms with Crippen molar-refractivity contribution in [1.29, 1.82) is 0 Å². The second kappa shape index (κ2) is 8.59. The second-order valence-corrected chi connectivity index (χ2v) is 6.54. The molecule has 3 unspecified atom stereocenters. The highest BCUT2D eigenvalue weighted by Gasteiger charge is 2.49. The topological polar surface area (TPSA) is 54.9 Å². The van der Waals surface area contributed by atoms with Crippen LogP contribution in [0.2, 0.25) is 0 Å². The van der Waals surface area contributed by atoms with Gasteiger partial charge in [0.05, 0.1) is 12.7 Å². The highest BCUT2D eigenvalue weighted by atomic mass is 16.5. The lowest BCUT2D eigenvalue weighted by Crippen LogP contribution is -2.64. The van der Waals surface area contributed by atoms with Crippen molar-refractivity contribution in [3.8, 4) is 0 Å². The van der Waals surface area contributed by atoms with Gasteiger partial charge in [0.2, 0.25) is 0 Å². The molecule has 1 aliphatic carbocycles. The molecule has 0 aliphatic heterocycles. The van der Waals surface area contributed by atoms with Gasteiger partial charge in [0.25, 0.3) is 0 Å². The van der Waals surface area contributed by atoms with Crippen molar-refractivity contribution in [2.24, 2.45) is 10.4 Å². The molecule has 1 aliphatic rings. The fraction of sp³-hybridized carbons (Fsp3) is 0.938. The summed E-state index contributed by atoms with van der Waals surface area (Å²) >= 11 is 0. The van der Waals surface area contributed by atoms with Gasteiger partial charge in [-0.05, 0) is 19.8 Å². The van der Waals surface area contributed by atoms with Crippen molar-refractivity contribution < 1.29 is 9.47 Å². The van der Waals surface area contributed by atoms with E-state index in [0.29, 0.717) is 18.8 Å². The Balaban J connectivity index is 2.41. The molecule has 2 N–H and O–H groups in total. The van der Waals surface area contributed by atoms with Crippen LogP contribution in [0.15, 0.2) is 4.99 Å². The molecule has 5 nitrogen and oxygen atoms in total. The molecule has 0 amide bonds. The Morgan fingerprint density at radius 2 is 2.14 bits per heavy atom. The van der Waals surface area contributed by atoms with Gasteiger partial charge in [-0.15, -0.1) is 0 Å². The lowest BCUT2D eigenvalue weighted by Gasteiger charge is -2.52. The summed E-state index contributed by atoms with van der Waals surface area (Å²) in [5, 5.41) is 6.85. The molecule has 1 saturated carbocycles. The zero-order valence-corrected chi connectivity index (χ0v) is 14.5. The predicted molar refractivity (Wildman–Crippen MR) is 87.8 cm³/mol. The summed E-state index contributed by atoms with van der Waals surface area (Å²) in [5.41, 5.74) is 0.135. The van der Waals surface area contributed by atoms with E-state index in [9.17, 15) is 0 Å². The number of nitrogens with one attached hydrogen (secondary N) is 2. The zero-order chi connectivity index (χ0) is 15.9. The molecule has 0 aromatic carbocycles. The van der Waals surface area contributed by atoms with Crippen LogP contribution < -0.4 is 10.6 Å². The van der Waals surface area contributed by atoms with Crippen molar-refractivity contribution in [1.82, 2.24) is 10.6 Å². The maximum Gasteiger partial charge on any atom is 0.191 e. The third-order valence-electron chi connectivity index (χ3n) is 4.33. The molecule has 5 heteroatoms. The average Bonchev–Trinajstić information content (AvgIpc) is 2.44. The van der Waals surface area contributed by atoms with E-state index in [-0.39, 0.29) is 11.5 Å². The van der Waals surface area contributed by atoms with Crippen molar-refractivity contribution in [3.63, 3.8) is 0 Å². The number of nitrogens with zero attached hydrogens (tertiary/aromatic N) is 1. The highest BCUT2D eigenvalue weighted by molar-refractivity contribution is 5.80. The van der Waals surface area contributed by atoms with Gasteiger partial charge >= 0.3 is 0 Å². The maximum atomic E-state index is 5.98. The van der Waals surface area contributed by atoms with E-state index in [1.165, 1.54) is 6.42 Å². The van der Waals surface area contributed by atoms with Crippen LogP contribution >= 0.6 is 0 Å². The van der Waals surface area contributed by atoms with Crippen LogP contribution in [0.5, 0.6) is 0 Å². The van der Waals surface area contributed by atoms with Gasteiger partial charge in [-0.1, -0.05) is 27.2 Å². The van der Waals surface area contributed by atoms with Crippen molar-refractivity contribution in [2.45, 2.75) is 65.1 Å². The van der Waals surface area contributed by atoms with E-state index in [0.717, 1.165) is 25.4 Å². The van der Waals surface area contributed by atoms with Crippen LogP contribution in [-0.4, -0.2) is 51.5 Å². The van der Waals surface area contributed by atoms with Gasteiger partial charge in [0.15, 0.2) is 5.96 Å². The standard InChI is InChI=1S/C16H33N3O2/c1-7-8-9-21-14-10-13(16(14,3)4)19-15(17-5)18-12(2)11-20-6/h12-14H,7-11H2,1-6H3,(H2,17,18,19). The molecule has 1 fully saturated rings. The second-order valence-electron chi connectivity index (χ2n) is 6.54. The smallest absolute Gasteiger partial charge is 0.191 e. The Bertz CT molecular complexity index is 331. The monoisotopic (exact) mass is 299 g/mol. The van der Waals surface area contributed by atoms with Crippen LogP contribution in [0.1, 0.15) is 47.0 Å². The Morgan fingerprint density at radius 3 is 2.67 bits per heavy atom. The van der Waals surface area contributed by atoms with Crippen molar-refractivity contribution in [3.05, 3.63) is 0 Å². The first-order valence-corrected chi connectivity index (χ1v) is 8.06. The third kappa shape index (κ3) is 5.15. The van der Waals surface area contributed by atoms with Crippen LogP contribution in [0.4, 0.5) is 0 Å². The fourth-order valence-electron chi connectivity index (χ4n) is 2.64. The first-order valence-electron chi connectivity index (χ1n) is 8.06. The maximum absolute atomic E-state index is 5.98. The van der Waals surface area contributed by atoms with Crippen LogP contribution in [0, 0.1) is 5.41 Å². The summed E-state index contributed by atoms with van der Waals surface area (Å²) in [4.78, 5) is 4.30. The van der Waals surface area contributed by atoms with E-state index in [1.807, 2.05) is 0 Å². The molecule has 0 radical (unpaired) electrons. The van der Waals surface area contributed by atoms with E-state index in [4.69, 9.17) is 9.47 Å². The molecule has 0 aromatic heterocycles. The predicted octanol–water partition coefficient (Wildman–Crippen LogP) is 2.17. The van der Waals surface area contributed by atoms with Crippen LogP contribution in [0.25, 0.3) is 0 Å².